The first-order chi connectivity index (χ1) is 10.3. The number of fused-ring (bicyclic) bond motifs is 1. The van der Waals surface area contributed by atoms with Crippen LogP contribution in [0.2, 0.25) is 0 Å². The van der Waals surface area contributed by atoms with Crippen molar-refractivity contribution in [3.63, 3.8) is 0 Å². The number of rotatable bonds is 3. The van der Waals surface area contributed by atoms with Crippen LogP contribution in [0.15, 0.2) is 18.2 Å². The number of nitrogen functional groups attached to an aromatic ring is 1. The zero-order valence-corrected chi connectivity index (χ0v) is 12.9. The first kappa shape index (κ1) is 14.8. The fourth-order valence-corrected chi connectivity index (χ4v) is 2.87. The molecule has 1 amide bonds. The van der Waals surface area contributed by atoms with E-state index in [0.717, 1.165) is 5.52 Å². The van der Waals surface area contributed by atoms with E-state index in [1.54, 1.807) is 18.2 Å². The van der Waals surface area contributed by atoms with Gasteiger partial charge in [-0.1, -0.05) is 0 Å². The molecule has 1 aliphatic heterocycles. The summed E-state index contributed by atoms with van der Waals surface area (Å²) in [6.45, 7) is 6.28. The van der Waals surface area contributed by atoms with E-state index in [9.17, 15) is 4.79 Å². The lowest BCUT2D eigenvalue weighted by atomic mass is 10.2. The van der Waals surface area contributed by atoms with E-state index in [1.165, 1.54) is 0 Å². The van der Waals surface area contributed by atoms with E-state index in [2.05, 4.69) is 4.98 Å². The lowest BCUT2D eigenvalue weighted by Gasteiger charge is -2.17. The third-order valence-corrected chi connectivity index (χ3v) is 3.85. The van der Waals surface area contributed by atoms with Crippen LogP contribution in [0.1, 0.15) is 31.1 Å². The second-order valence-corrected chi connectivity index (χ2v) is 6.03. The van der Waals surface area contributed by atoms with E-state index >= 15 is 0 Å². The molecule has 0 bridgehead atoms. The Bertz CT molecular complexity index is 738. The number of primary amides is 1. The Morgan fingerprint density at radius 1 is 1.41 bits per heavy atom. The van der Waals surface area contributed by atoms with Crippen molar-refractivity contribution in [2.75, 3.05) is 5.73 Å². The van der Waals surface area contributed by atoms with Crippen molar-refractivity contribution in [2.45, 2.75) is 45.3 Å². The van der Waals surface area contributed by atoms with Gasteiger partial charge in [0, 0.05) is 5.56 Å². The number of hydrogen-bond acceptors (Lipinski definition) is 5. The molecular formula is C15H20N4O3. The van der Waals surface area contributed by atoms with Gasteiger partial charge < -0.3 is 25.5 Å². The largest absolute Gasteiger partial charge is 0.369 e. The van der Waals surface area contributed by atoms with E-state index in [1.807, 2.05) is 25.3 Å². The number of benzene rings is 1. The van der Waals surface area contributed by atoms with Crippen molar-refractivity contribution < 1.29 is 14.3 Å². The number of aromatic nitrogens is 2. The third kappa shape index (κ3) is 2.53. The molecule has 2 aromatic rings. The van der Waals surface area contributed by atoms with Gasteiger partial charge in [0.2, 0.25) is 11.9 Å². The SMILES string of the molecule is C[C@H]1OC(C)(C)OC1Cn1c(N)nc2cc(C(N)=O)ccc21. The summed E-state index contributed by atoms with van der Waals surface area (Å²) in [5.41, 5.74) is 13.2. The third-order valence-electron chi connectivity index (χ3n) is 3.85. The summed E-state index contributed by atoms with van der Waals surface area (Å²) in [5, 5.41) is 0. The van der Waals surface area contributed by atoms with Crippen LogP contribution in [-0.4, -0.2) is 33.5 Å². The molecule has 0 spiro atoms. The Morgan fingerprint density at radius 3 is 2.73 bits per heavy atom. The van der Waals surface area contributed by atoms with Gasteiger partial charge in [-0.05, 0) is 39.0 Å². The molecule has 0 aliphatic carbocycles. The predicted octanol–water partition coefficient (Wildman–Crippen LogP) is 1.26. The van der Waals surface area contributed by atoms with Crippen molar-refractivity contribution in [1.82, 2.24) is 9.55 Å². The molecule has 4 N–H and O–H groups in total. The molecule has 1 aromatic heterocycles. The minimum Gasteiger partial charge on any atom is -0.369 e. The maximum Gasteiger partial charge on any atom is 0.248 e. The molecule has 0 radical (unpaired) electrons. The van der Waals surface area contributed by atoms with Crippen molar-refractivity contribution in [3.05, 3.63) is 23.8 Å². The molecule has 7 heteroatoms. The fourth-order valence-electron chi connectivity index (χ4n) is 2.87. The van der Waals surface area contributed by atoms with Gasteiger partial charge in [0.05, 0.1) is 23.7 Å². The average molecular weight is 304 g/mol. The number of nitrogens with two attached hydrogens (primary N) is 2. The minimum absolute atomic E-state index is 0.0447. The number of nitrogens with zero attached hydrogens (tertiary/aromatic N) is 2. The monoisotopic (exact) mass is 304 g/mol. The van der Waals surface area contributed by atoms with Gasteiger partial charge in [0.1, 0.15) is 6.10 Å². The molecule has 1 saturated heterocycles. The average Bonchev–Trinajstić information content (AvgIpc) is 2.86. The highest BCUT2D eigenvalue weighted by Crippen LogP contribution is 2.30. The van der Waals surface area contributed by atoms with Crippen LogP contribution >= 0.6 is 0 Å². The van der Waals surface area contributed by atoms with Crippen molar-refractivity contribution in [2.24, 2.45) is 5.73 Å². The Balaban J connectivity index is 1.94. The van der Waals surface area contributed by atoms with Crippen molar-refractivity contribution >= 4 is 22.9 Å². The minimum atomic E-state index is -0.603. The molecule has 1 fully saturated rings. The van der Waals surface area contributed by atoms with Crippen LogP contribution < -0.4 is 11.5 Å². The fraction of sp³-hybridized carbons (Fsp3) is 0.467. The van der Waals surface area contributed by atoms with Crippen molar-refractivity contribution in [3.8, 4) is 0 Å². The van der Waals surface area contributed by atoms with Gasteiger partial charge in [-0.3, -0.25) is 4.79 Å². The van der Waals surface area contributed by atoms with Crippen LogP contribution in [-0.2, 0) is 16.0 Å². The summed E-state index contributed by atoms with van der Waals surface area (Å²) >= 11 is 0. The van der Waals surface area contributed by atoms with Crippen LogP contribution in [0.3, 0.4) is 0 Å². The number of carbonyl (C=O) groups is 1. The molecular weight excluding hydrogens is 284 g/mol. The Kier molecular flexibility index (Phi) is 3.34. The van der Waals surface area contributed by atoms with E-state index < -0.39 is 11.7 Å². The van der Waals surface area contributed by atoms with E-state index in [4.69, 9.17) is 20.9 Å². The van der Waals surface area contributed by atoms with Crippen molar-refractivity contribution in [1.29, 1.82) is 0 Å². The summed E-state index contributed by atoms with van der Waals surface area (Å²) in [6, 6.07) is 5.11. The zero-order chi connectivity index (χ0) is 16.1. The molecule has 0 saturated carbocycles. The summed E-state index contributed by atoms with van der Waals surface area (Å²) < 4.78 is 13.5. The maximum absolute atomic E-state index is 11.2. The molecule has 1 aromatic carbocycles. The topological polar surface area (TPSA) is 105 Å². The number of hydrogen-bond donors (Lipinski definition) is 2. The number of anilines is 1. The quantitative estimate of drug-likeness (QED) is 0.888. The zero-order valence-electron chi connectivity index (χ0n) is 12.9. The molecule has 3 rings (SSSR count). The summed E-state index contributed by atoms with van der Waals surface area (Å²) in [6.07, 6.45) is -0.165. The van der Waals surface area contributed by atoms with Gasteiger partial charge in [-0.25, -0.2) is 4.98 Å². The van der Waals surface area contributed by atoms with Gasteiger partial charge in [0.25, 0.3) is 0 Å². The Labute approximate surface area is 128 Å². The summed E-state index contributed by atoms with van der Waals surface area (Å²) in [4.78, 5) is 15.5. The molecule has 2 heterocycles. The second kappa shape index (κ2) is 4.96. The van der Waals surface area contributed by atoms with Crippen LogP contribution in [0.4, 0.5) is 5.95 Å². The highest BCUT2D eigenvalue weighted by atomic mass is 16.7. The highest BCUT2D eigenvalue weighted by Gasteiger charge is 2.39. The smallest absolute Gasteiger partial charge is 0.248 e. The normalized spacial score (nSPS) is 24.0. The second-order valence-electron chi connectivity index (χ2n) is 6.03. The van der Waals surface area contributed by atoms with E-state index in [0.29, 0.717) is 23.6 Å². The lowest BCUT2D eigenvalue weighted by molar-refractivity contribution is -0.145. The number of imidazole rings is 1. The molecule has 22 heavy (non-hydrogen) atoms. The van der Waals surface area contributed by atoms with Gasteiger partial charge in [-0.15, -0.1) is 0 Å². The first-order valence-electron chi connectivity index (χ1n) is 7.18. The number of carbonyl (C=O) groups excluding carboxylic acids is 1. The Hall–Kier alpha value is -2.12. The Morgan fingerprint density at radius 2 is 2.14 bits per heavy atom. The highest BCUT2D eigenvalue weighted by molar-refractivity contribution is 5.96. The molecule has 1 unspecified atom stereocenters. The number of amides is 1. The van der Waals surface area contributed by atoms with Crippen LogP contribution in [0.5, 0.6) is 0 Å². The molecule has 7 nitrogen and oxygen atoms in total. The van der Waals surface area contributed by atoms with Crippen LogP contribution in [0.25, 0.3) is 11.0 Å². The maximum atomic E-state index is 11.2. The van der Waals surface area contributed by atoms with Gasteiger partial charge in [-0.2, -0.15) is 0 Å². The molecule has 2 atom stereocenters. The lowest BCUT2D eigenvalue weighted by Crippen LogP contribution is -2.26. The molecule has 118 valence electrons. The molecule has 1 aliphatic rings. The number of ether oxygens (including phenoxy) is 2. The standard InChI is InChI=1S/C15H20N4O3/c1-8-12(22-15(2,3)21-8)7-19-11-5-4-9(13(16)20)6-10(11)18-14(19)17/h4-6,8,12H,7H2,1-3H3,(H2,16,20)(H2,17,18)/t8-,12?/m1/s1. The van der Waals surface area contributed by atoms with Gasteiger partial charge >= 0.3 is 0 Å². The first-order valence-corrected chi connectivity index (χ1v) is 7.18. The van der Waals surface area contributed by atoms with Crippen LogP contribution in [0, 0.1) is 0 Å². The summed E-state index contributed by atoms with van der Waals surface area (Å²) in [7, 11) is 0. The summed E-state index contributed by atoms with van der Waals surface area (Å²) in [5.74, 6) is -0.719. The predicted molar refractivity (Wildman–Crippen MR) is 82.2 cm³/mol. The van der Waals surface area contributed by atoms with E-state index in [-0.39, 0.29) is 12.2 Å². The van der Waals surface area contributed by atoms with Gasteiger partial charge in [0.15, 0.2) is 5.79 Å².